The molecule has 4 rings (SSSR count). The molecule has 1 aliphatic heterocycles. The van der Waals surface area contributed by atoms with Crippen LogP contribution in [0.25, 0.3) is 11.0 Å². The standard InChI is InChI=1S/C21H19FN2O4/c1-27-16-6-7-17-18(13-20(25)28-19(17)12-16)21(26)24-10-8-23(9-11-24)15-4-2-14(22)3-5-15/h2-7,12-13H,8-11H2,1H3. The van der Waals surface area contributed by atoms with Crippen molar-refractivity contribution in [1.82, 2.24) is 4.90 Å². The second kappa shape index (κ2) is 7.34. The number of carbonyl (C=O) groups excluding carboxylic acids is 1. The Morgan fingerprint density at radius 3 is 2.43 bits per heavy atom. The number of methoxy groups -OCH3 is 1. The molecular formula is C21H19FN2O4. The van der Waals surface area contributed by atoms with E-state index in [9.17, 15) is 14.0 Å². The van der Waals surface area contributed by atoms with Crippen LogP contribution in [0.1, 0.15) is 10.4 Å². The van der Waals surface area contributed by atoms with Gasteiger partial charge in [-0.2, -0.15) is 0 Å². The average Bonchev–Trinajstić information content (AvgIpc) is 2.72. The maximum absolute atomic E-state index is 13.1. The normalized spacial score (nSPS) is 14.4. The lowest BCUT2D eigenvalue weighted by Crippen LogP contribution is -2.49. The number of piperazine rings is 1. The van der Waals surface area contributed by atoms with Crippen LogP contribution in [-0.4, -0.2) is 44.1 Å². The number of fused-ring (bicyclic) bond motifs is 1. The summed E-state index contributed by atoms with van der Waals surface area (Å²) >= 11 is 0. The Balaban J connectivity index is 1.55. The first-order valence-corrected chi connectivity index (χ1v) is 8.97. The Kier molecular flexibility index (Phi) is 4.73. The van der Waals surface area contributed by atoms with E-state index >= 15 is 0 Å². The molecule has 0 N–H and O–H groups in total. The van der Waals surface area contributed by atoms with Crippen LogP contribution < -0.4 is 15.3 Å². The second-order valence-electron chi connectivity index (χ2n) is 6.60. The minimum absolute atomic E-state index is 0.207. The largest absolute Gasteiger partial charge is 0.497 e. The fraction of sp³-hybridized carbons (Fsp3) is 0.238. The SMILES string of the molecule is COc1ccc2c(C(=O)N3CCN(c4ccc(F)cc4)CC3)cc(=O)oc2c1. The van der Waals surface area contributed by atoms with E-state index < -0.39 is 5.63 Å². The van der Waals surface area contributed by atoms with Gasteiger partial charge in [-0.1, -0.05) is 0 Å². The molecule has 1 aromatic heterocycles. The lowest BCUT2D eigenvalue weighted by molar-refractivity contribution is 0.0748. The second-order valence-corrected chi connectivity index (χ2v) is 6.60. The smallest absolute Gasteiger partial charge is 0.337 e. The Labute approximate surface area is 160 Å². The Hall–Kier alpha value is -3.35. The summed E-state index contributed by atoms with van der Waals surface area (Å²) in [5.41, 5.74) is 0.990. The van der Waals surface area contributed by atoms with Crippen LogP contribution in [0.5, 0.6) is 5.75 Å². The van der Waals surface area contributed by atoms with Crippen LogP contribution in [0.4, 0.5) is 10.1 Å². The zero-order chi connectivity index (χ0) is 19.7. The highest BCUT2D eigenvalue weighted by Gasteiger charge is 2.24. The lowest BCUT2D eigenvalue weighted by atomic mass is 10.1. The summed E-state index contributed by atoms with van der Waals surface area (Å²) in [4.78, 5) is 28.8. The lowest BCUT2D eigenvalue weighted by Gasteiger charge is -2.36. The highest BCUT2D eigenvalue weighted by molar-refractivity contribution is 6.05. The van der Waals surface area contributed by atoms with Crippen molar-refractivity contribution in [2.24, 2.45) is 0 Å². The molecule has 0 aliphatic carbocycles. The van der Waals surface area contributed by atoms with E-state index in [1.807, 2.05) is 0 Å². The molecule has 3 aromatic rings. The molecule has 1 fully saturated rings. The van der Waals surface area contributed by atoms with Crippen molar-refractivity contribution in [2.45, 2.75) is 0 Å². The maximum atomic E-state index is 13.1. The molecule has 0 bridgehead atoms. The highest BCUT2D eigenvalue weighted by Crippen LogP contribution is 2.24. The van der Waals surface area contributed by atoms with Crippen molar-refractivity contribution >= 4 is 22.6 Å². The van der Waals surface area contributed by atoms with Gasteiger partial charge in [-0.25, -0.2) is 9.18 Å². The first-order chi connectivity index (χ1) is 13.5. The molecule has 1 saturated heterocycles. The minimum Gasteiger partial charge on any atom is -0.497 e. The molecule has 144 valence electrons. The van der Waals surface area contributed by atoms with E-state index in [2.05, 4.69) is 4.90 Å². The third-order valence-corrected chi connectivity index (χ3v) is 4.94. The zero-order valence-corrected chi connectivity index (χ0v) is 15.4. The summed E-state index contributed by atoms with van der Waals surface area (Å²) in [7, 11) is 1.52. The quantitative estimate of drug-likeness (QED) is 0.652. The van der Waals surface area contributed by atoms with Gasteiger partial charge in [0.25, 0.3) is 5.91 Å². The van der Waals surface area contributed by atoms with Gasteiger partial charge in [0.05, 0.1) is 12.7 Å². The Bertz CT molecular complexity index is 1070. The number of amides is 1. The molecule has 2 aromatic carbocycles. The number of carbonyl (C=O) groups is 1. The summed E-state index contributed by atoms with van der Waals surface area (Å²) < 4.78 is 23.5. The molecule has 2 heterocycles. The van der Waals surface area contributed by atoms with Crippen molar-refractivity contribution in [3.63, 3.8) is 0 Å². The summed E-state index contributed by atoms with van der Waals surface area (Å²) in [6.07, 6.45) is 0. The van der Waals surface area contributed by atoms with Gasteiger partial charge in [0.1, 0.15) is 17.1 Å². The molecule has 1 amide bonds. The number of hydrogen-bond acceptors (Lipinski definition) is 5. The van der Waals surface area contributed by atoms with Crippen molar-refractivity contribution in [3.05, 3.63) is 70.3 Å². The first-order valence-electron chi connectivity index (χ1n) is 8.97. The monoisotopic (exact) mass is 382 g/mol. The average molecular weight is 382 g/mol. The van der Waals surface area contributed by atoms with E-state index in [0.29, 0.717) is 48.5 Å². The van der Waals surface area contributed by atoms with E-state index in [-0.39, 0.29) is 11.7 Å². The van der Waals surface area contributed by atoms with Gasteiger partial charge < -0.3 is 19.0 Å². The summed E-state index contributed by atoms with van der Waals surface area (Å²) in [5, 5.41) is 0.575. The third kappa shape index (κ3) is 3.43. The van der Waals surface area contributed by atoms with E-state index in [1.54, 1.807) is 35.2 Å². The fourth-order valence-electron chi connectivity index (χ4n) is 3.44. The minimum atomic E-state index is -0.575. The highest BCUT2D eigenvalue weighted by atomic mass is 19.1. The number of hydrogen-bond donors (Lipinski definition) is 0. The first kappa shape index (κ1) is 18.0. The van der Waals surface area contributed by atoms with Crippen molar-refractivity contribution < 1.29 is 18.3 Å². The number of nitrogens with zero attached hydrogens (tertiary/aromatic N) is 2. The van der Waals surface area contributed by atoms with Crippen molar-refractivity contribution in [2.75, 3.05) is 38.2 Å². The number of halogens is 1. The van der Waals surface area contributed by atoms with Crippen LogP contribution in [0, 0.1) is 5.82 Å². The van der Waals surface area contributed by atoms with Gasteiger partial charge >= 0.3 is 5.63 Å². The van der Waals surface area contributed by atoms with Gasteiger partial charge in [0, 0.05) is 49.4 Å². The predicted octanol–water partition coefficient (Wildman–Crippen LogP) is 2.90. The molecule has 28 heavy (non-hydrogen) atoms. The van der Waals surface area contributed by atoms with Crippen LogP contribution in [0.15, 0.2) is 57.7 Å². The van der Waals surface area contributed by atoms with Crippen LogP contribution in [0.3, 0.4) is 0 Å². The predicted molar refractivity (Wildman–Crippen MR) is 104 cm³/mol. The van der Waals surface area contributed by atoms with Crippen LogP contribution in [-0.2, 0) is 0 Å². The Morgan fingerprint density at radius 1 is 1.04 bits per heavy atom. The van der Waals surface area contributed by atoms with E-state index in [1.165, 1.54) is 25.3 Å². The molecule has 0 unspecified atom stereocenters. The molecule has 7 heteroatoms. The molecule has 0 saturated carbocycles. The number of rotatable bonds is 3. The van der Waals surface area contributed by atoms with Gasteiger partial charge in [0.2, 0.25) is 0 Å². The summed E-state index contributed by atoms with van der Waals surface area (Å²) in [5.74, 6) is 0.0685. The summed E-state index contributed by atoms with van der Waals surface area (Å²) in [6, 6.07) is 12.6. The Morgan fingerprint density at radius 2 is 1.75 bits per heavy atom. The van der Waals surface area contributed by atoms with Gasteiger partial charge in [-0.15, -0.1) is 0 Å². The summed E-state index contributed by atoms with van der Waals surface area (Å²) in [6.45, 7) is 2.28. The van der Waals surface area contributed by atoms with E-state index in [0.717, 1.165) is 5.69 Å². The van der Waals surface area contributed by atoms with Crippen molar-refractivity contribution in [3.8, 4) is 5.75 Å². The molecule has 0 spiro atoms. The van der Waals surface area contributed by atoms with Gasteiger partial charge in [-0.3, -0.25) is 4.79 Å². The molecular weight excluding hydrogens is 363 g/mol. The topological polar surface area (TPSA) is 63.0 Å². The molecule has 0 radical (unpaired) electrons. The van der Waals surface area contributed by atoms with Gasteiger partial charge in [0.15, 0.2) is 0 Å². The number of anilines is 1. The van der Waals surface area contributed by atoms with Gasteiger partial charge in [-0.05, 0) is 36.4 Å². The van der Waals surface area contributed by atoms with Crippen LogP contribution >= 0.6 is 0 Å². The molecule has 6 nitrogen and oxygen atoms in total. The fourth-order valence-corrected chi connectivity index (χ4v) is 3.44. The number of benzene rings is 2. The zero-order valence-electron chi connectivity index (χ0n) is 15.4. The molecule has 0 atom stereocenters. The maximum Gasteiger partial charge on any atom is 0.337 e. The molecule has 1 aliphatic rings. The number of ether oxygens (including phenoxy) is 1. The van der Waals surface area contributed by atoms with E-state index in [4.69, 9.17) is 9.15 Å². The third-order valence-electron chi connectivity index (χ3n) is 4.94. The van der Waals surface area contributed by atoms with Crippen LogP contribution in [0.2, 0.25) is 0 Å². The van der Waals surface area contributed by atoms with Crippen molar-refractivity contribution in [1.29, 1.82) is 0 Å².